The van der Waals surface area contributed by atoms with E-state index in [0.29, 0.717) is 23.6 Å². The van der Waals surface area contributed by atoms with Gasteiger partial charge >= 0.3 is 0 Å². The average Bonchev–Trinajstić information content (AvgIpc) is 2.51. The smallest absolute Gasteiger partial charge is 0.151 e. The Labute approximate surface area is 106 Å². The van der Waals surface area contributed by atoms with Crippen LogP contribution in [0.15, 0.2) is 0 Å². The zero-order valence-corrected chi connectivity index (χ0v) is 12.3. The summed E-state index contributed by atoms with van der Waals surface area (Å²) in [5.74, 6) is 0.666. The summed E-state index contributed by atoms with van der Waals surface area (Å²) in [6, 6.07) is 1.23. The van der Waals surface area contributed by atoms with Crippen molar-refractivity contribution in [1.82, 2.24) is 10.2 Å². The lowest BCUT2D eigenvalue weighted by Gasteiger charge is -2.30. The predicted molar refractivity (Wildman–Crippen MR) is 72.0 cm³/mol. The molecule has 1 fully saturated rings. The normalized spacial score (nSPS) is 24.1. The van der Waals surface area contributed by atoms with Crippen molar-refractivity contribution in [3.63, 3.8) is 0 Å². The maximum absolute atomic E-state index is 11.3. The molecule has 1 heterocycles. The van der Waals surface area contributed by atoms with Crippen LogP contribution in [-0.4, -0.2) is 56.0 Å². The summed E-state index contributed by atoms with van der Waals surface area (Å²) in [6.45, 7) is 10.6. The van der Waals surface area contributed by atoms with Gasteiger partial charge in [-0.05, 0) is 34.1 Å². The lowest BCUT2D eigenvalue weighted by molar-refractivity contribution is 0.174. The lowest BCUT2D eigenvalue weighted by atomic mass is 10.2. The van der Waals surface area contributed by atoms with Crippen LogP contribution in [0, 0.1) is 0 Å². The van der Waals surface area contributed by atoms with Crippen molar-refractivity contribution in [3.05, 3.63) is 0 Å². The Balaban J connectivity index is 2.28. The second kappa shape index (κ2) is 6.16. The van der Waals surface area contributed by atoms with Crippen LogP contribution in [0.2, 0.25) is 0 Å². The molecule has 0 spiro atoms. The molecule has 1 N–H and O–H groups in total. The summed E-state index contributed by atoms with van der Waals surface area (Å²) in [7, 11) is -2.75. The maximum atomic E-state index is 11.3. The topological polar surface area (TPSA) is 49.4 Å². The summed E-state index contributed by atoms with van der Waals surface area (Å²) in [5.41, 5.74) is 0. The minimum atomic E-state index is -2.75. The van der Waals surface area contributed by atoms with E-state index in [1.54, 1.807) is 0 Å². The van der Waals surface area contributed by atoms with Crippen LogP contribution in [0.1, 0.15) is 34.1 Å². The van der Waals surface area contributed by atoms with E-state index in [0.717, 1.165) is 19.5 Å². The standard InChI is InChI=1S/C12H26N2O2S/c1-10(2)14(11(3)4)7-6-13-12-5-8-17(15,16)9-12/h10-13H,5-9H2,1-4H3/t12-/m0/s1. The molecule has 1 rings (SSSR count). The highest BCUT2D eigenvalue weighted by molar-refractivity contribution is 7.91. The van der Waals surface area contributed by atoms with Crippen molar-refractivity contribution in [2.24, 2.45) is 0 Å². The second-order valence-electron chi connectivity index (χ2n) is 5.48. The molecule has 1 aliphatic rings. The van der Waals surface area contributed by atoms with Gasteiger partial charge in [-0.2, -0.15) is 0 Å². The first-order chi connectivity index (χ1) is 7.82. The van der Waals surface area contributed by atoms with Gasteiger partial charge in [0.1, 0.15) is 0 Å². The fourth-order valence-electron chi connectivity index (χ4n) is 2.47. The molecule has 0 bridgehead atoms. The second-order valence-corrected chi connectivity index (χ2v) is 7.71. The lowest BCUT2D eigenvalue weighted by Crippen LogP contribution is -2.43. The highest BCUT2D eigenvalue weighted by atomic mass is 32.2. The molecular weight excluding hydrogens is 236 g/mol. The van der Waals surface area contributed by atoms with Crippen LogP contribution in [0.5, 0.6) is 0 Å². The van der Waals surface area contributed by atoms with Gasteiger partial charge in [-0.1, -0.05) is 0 Å². The Kier molecular flexibility index (Phi) is 5.41. The minimum absolute atomic E-state index is 0.168. The van der Waals surface area contributed by atoms with Crippen LogP contribution >= 0.6 is 0 Å². The Morgan fingerprint density at radius 1 is 1.24 bits per heavy atom. The molecule has 0 radical (unpaired) electrons. The van der Waals surface area contributed by atoms with Gasteiger partial charge in [-0.3, -0.25) is 4.90 Å². The fourth-order valence-corrected chi connectivity index (χ4v) is 4.17. The van der Waals surface area contributed by atoms with Crippen LogP contribution in [0.3, 0.4) is 0 Å². The van der Waals surface area contributed by atoms with Gasteiger partial charge < -0.3 is 5.32 Å². The van der Waals surface area contributed by atoms with Crippen LogP contribution < -0.4 is 5.32 Å². The summed E-state index contributed by atoms with van der Waals surface area (Å²) in [5, 5.41) is 3.36. The Morgan fingerprint density at radius 3 is 2.24 bits per heavy atom. The zero-order chi connectivity index (χ0) is 13.1. The Hall–Kier alpha value is -0.130. The van der Waals surface area contributed by atoms with Gasteiger partial charge in [0.15, 0.2) is 9.84 Å². The molecule has 1 saturated heterocycles. The molecule has 4 nitrogen and oxygen atoms in total. The number of sulfone groups is 1. The van der Waals surface area contributed by atoms with Gasteiger partial charge in [-0.25, -0.2) is 8.42 Å². The number of nitrogens with zero attached hydrogens (tertiary/aromatic N) is 1. The number of hydrogen-bond acceptors (Lipinski definition) is 4. The SMILES string of the molecule is CC(C)N(CCN[C@H]1CCS(=O)(=O)C1)C(C)C. The Bertz CT molecular complexity index is 317. The predicted octanol–water partition coefficient (Wildman–Crippen LogP) is 0.882. The third-order valence-corrected chi connectivity index (χ3v) is 5.13. The van der Waals surface area contributed by atoms with Gasteiger partial charge in [0.2, 0.25) is 0 Å². The molecular formula is C12H26N2O2S. The average molecular weight is 262 g/mol. The summed E-state index contributed by atoms with van der Waals surface area (Å²) in [6.07, 6.45) is 0.770. The monoisotopic (exact) mass is 262 g/mol. The zero-order valence-electron chi connectivity index (χ0n) is 11.4. The largest absolute Gasteiger partial charge is 0.312 e. The quantitative estimate of drug-likeness (QED) is 0.772. The van der Waals surface area contributed by atoms with E-state index in [-0.39, 0.29) is 6.04 Å². The van der Waals surface area contributed by atoms with E-state index < -0.39 is 9.84 Å². The fraction of sp³-hybridized carbons (Fsp3) is 1.00. The molecule has 0 aromatic rings. The van der Waals surface area contributed by atoms with Gasteiger partial charge in [-0.15, -0.1) is 0 Å². The molecule has 0 aromatic heterocycles. The summed E-state index contributed by atoms with van der Waals surface area (Å²) < 4.78 is 22.6. The van der Waals surface area contributed by atoms with Crippen LogP contribution in [-0.2, 0) is 9.84 Å². The van der Waals surface area contributed by atoms with Crippen molar-refractivity contribution in [2.45, 2.75) is 52.2 Å². The molecule has 0 saturated carbocycles. The minimum Gasteiger partial charge on any atom is -0.312 e. The first-order valence-corrected chi connectivity index (χ1v) is 8.33. The van der Waals surface area contributed by atoms with E-state index in [4.69, 9.17) is 0 Å². The summed E-state index contributed by atoms with van der Waals surface area (Å²) in [4.78, 5) is 2.41. The molecule has 102 valence electrons. The van der Waals surface area contributed by atoms with Crippen molar-refractivity contribution in [1.29, 1.82) is 0 Å². The van der Waals surface area contributed by atoms with E-state index >= 15 is 0 Å². The van der Waals surface area contributed by atoms with E-state index in [1.165, 1.54) is 0 Å². The summed E-state index contributed by atoms with van der Waals surface area (Å²) >= 11 is 0. The maximum Gasteiger partial charge on any atom is 0.151 e. The number of nitrogens with one attached hydrogen (secondary N) is 1. The highest BCUT2D eigenvalue weighted by Gasteiger charge is 2.27. The van der Waals surface area contributed by atoms with Crippen LogP contribution in [0.25, 0.3) is 0 Å². The van der Waals surface area contributed by atoms with Crippen molar-refractivity contribution in [2.75, 3.05) is 24.6 Å². The van der Waals surface area contributed by atoms with Gasteiger partial charge in [0.25, 0.3) is 0 Å². The van der Waals surface area contributed by atoms with Crippen molar-refractivity contribution >= 4 is 9.84 Å². The first kappa shape index (κ1) is 14.9. The highest BCUT2D eigenvalue weighted by Crippen LogP contribution is 2.11. The molecule has 0 aliphatic carbocycles. The first-order valence-electron chi connectivity index (χ1n) is 6.51. The molecule has 17 heavy (non-hydrogen) atoms. The number of rotatable bonds is 6. The molecule has 5 heteroatoms. The number of hydrogen-bond donors (Lipinski definition) is 1. The molecule has 0 amide bonds. The van der Waals surface area contributed by atoms with Crippen molar-refractivity contribution < 1.29 is 8.42 Å². The van der Waals surface area contributed by atoms with Gasteiger partial charge in [0.05, 0.1) is 11.5 Å². The molecule has 0 unspecified atom stereocenters. The molecule has 1 aliphatic heterocycles. The van der Waals surface area contributed by atoms with Gasteiger partial charge in [0, 0.05) is 31.2 Å². The van der Waals surface area contributed by atoms with E-state index in [1.807, 2.05) is 0 Å². The third kappa shape index (κ3) is 4.94. The van der Waals surface area contributed by atoms with E-state index in [2.05, 4.69) is 37.9 Å². The molecule has 0 aromatic carbocycles. The Morgan fingerprint density at radius 2 is 1.82 bits per heavy atom. The van der Waals surface area contributed by atoms with Crippen molar-refractivity contribution in [3.8, 4) is 0 Å². The van der Waals surface area contributed by atoms with Crippen LogP contribution in [0.4, 0.5) is 0 Å². The third-order valence-electron chi connectivity index (χ3n) is 3.36. The molecule has 1 atom stereocenters. The van der Waals surface area contributed by atoms with E-state index in [9.17, 15) is 8.42 Å².